The Hall–Kier alpha value is -2.04. The van der Waals surface area contributed by atoms with E-state index in [2.05, 4.69) is 81.7 Å². The molecule has 3 aliphatic rings. The Morgan fingerprint density at radius 3 is 1.91 bits per heavy atom. The van der Waals surface area contributed by atoms with Gasteiger partial charge in [-0.1, -0.05) is 91.1 Å². The summed E-state index contributed by atoms with van der Waals surface area (Å²) in [5, 5.41) is 0. The molecule has 2 aromatic carbocycles. The van der Waals surface area contributed by atoms with Gasteiger partial charge < -0.3 is 9.47 Å². The van der Waals surface area contributed by atoms with E-state index in [1.54, 1.807) is 0 Å². The Morgan fingerprint density at radius 1 is 0.743 bits per heavy atom. The number of benzene rings is 2. The molecular weight excluding hydrogens is 432 g/mol. The number of hydrogen-bond donors (Lipinski definition) is 0. The van der Waals surface area contributed by atoms with Crippen molar-refractivity contribution < 1.29 is 9.47 Å². The van der Waals surface area contributed by atoms with Gasteiger partial charge in [0.15, 0.2) is 0 Å². The first-order chi connectivity index (χ1) is 16.6. The van der Waals surface area contributed by atoms with Gasteiger partial charge in [-0.3, -0.25) is 9.80 Å². The van der Waals surface area contributed by atoms with Gasteiger partial charge in [-0.05, 0) is 29.2 Å². The molecule has 35 heavy (non-hydrogen) atoms. The fourth-order valence-corrected chi connectivity index (χ4v) is 6.45. The summed E-state index contributed by atoms with van der Waals surface area (Å²) in [4.78, 5) is 5.02. The van der Waals surface area contributed by atoms with Gasteiger partial charge in [0.1, 0.15) is 25.0 Å². The zero-order valence-corrected chi connectivity index (χ0v) is 22.7. The van der Waals surface area contributed by atoms with Crippen molar-refractivity contribution in [3.63, 3.8) is 0 Å². The second kappa shape index (κ2) is 9.44. The average Bonchev–Trinajstić information content (AvgIpc) is 2.81. The molecule has 0 bridgehead atoms. The van der Waals surface area contributed by atoms with Crippen LogP contribution in [0.3, 0.4) is 0 Å². The van der Waals surface area contributed by atoms with Crippen LogP contribution in [0.4, 0.5) is 0 Å². The van der Waals surface area contributed by atoms with Crippen LogP contribution in [0.2, 0.25) is 0 Å². The van der Waals surface area contributed by atoms with E-state index >= 15 is 0 Å². The minimum absolute atomic E-state index is 0.0227. The third kappa shape index (κ3) is 4.97. The Morgan fingerprint density at radius 2 is 1.31 bits per heavy atom. The Balaban J connectivity index is 1.59. The molecule has 2 aromatic rings. The molecule has 2 heterocycles. The van der Waals surface area contributed by atoms with Crippen LogP contribution in [-0.4, -0.2) is 29.3 Å². The number of nitrogens with zero attached hydrogens (tertiary/aromatic N) is 2. The van der Waals surface area contributed by atoms with Crippen LogP contribution in [-0.2, 0) is 30.5 Å². The molecule has 0 unspecified atom stereocenters. The molecule has 1 saturated carbocycles. The molecule has 4 nitrogen and oxygen atoms in total. The van der Waals surface area contributed by atoms with Gasteiger partial charge in [0.05, 0.1) is 0 Å². The molecule has 0 saturated heterocycles. The third-order valence-electron chi connectivity index (χ3n) is 7.96. The average molecular weight is 477 g/mol. The van der Waals surface area contributed by atoms with Crippen LogP contribution in [0.1, 0.15) is 101 Å². The quantitative estimate of drug-likeness (QED) is 0.471. The fraction of sp³-hybridized carbons (Fsp3) is 0.613. The molecule has 4 heteroatoms. The standard InChI is InChI=1S/C31H44N2O2/c1-30(2,3)26-24-18-32(17-22-13-9-7-10-14-22)20-34-28(24)27(31(4,5)6)25-19-33(21-35-29(25)26)23-15-11-8-12-16-23/h7,9-10,13-14,23H,8,11-12,15-21H2,1-6H3. The van der Waals surface area contributed by atoms with E-state index in [0.717, 1.165) is 31.1 Å². The number of fused-ring (bicyclic) bond motifs is 2. The summed E-state index contributed by atoms with van der Waals surface area (Å²) in [7, 11) is 0. The van der Waals surface area contributed by atoms with E-state index in [4.69, 9.17) is 9.47 Å². The summed E-state index contributed by atoms with van der Waals surface area (Å²) in [5.74, 6) is 2.26. The van der Waals surface area contributed by atoms with Crippen LogP contribution in [0.25, 0.3) is 0 Å². The summed E-state index contributed by atoms with van der Waals surface area (Å²) >= 11 is 0. The highest BCUT2D eigenvalue weighted by Crippen LogP contribution is 2.51. The maximum Gasteiger partial charge on any atom is 0.142 e. The number of ether oxygens (including phenoxy) is 2. The first-order valence-corrected chi connectivity index (χ1v) is 13.6. The van der Waals surface area contributed by atoms with Gasteiger partial charge in [0.2, 0.25) is 0 Å². The minimum atomic E-state index is -0.0310. The van der Waals surface area contributed by atoms with E-state index in [1.165, 1.54) is 59.9 Å². The Labute approximate surface area is 212 Å². The van der Waals surface area contributed by atoms with E-state index < -0.39 is 0 Å². The minimum Gasteiger partial charge on any atom is -0.477 e. The second-order valence-corrected chi connectivity index (χ2v) is 12.9. The van der Waals surface area contributed by atoms with Crippen molar-refractivity contribution in [2.24, 2.45) is 0 Å². The summed E-state index contributed by atoms with van der Waals surface area (Å²) in [5.41, 5.74) is 6.67. The van der Waals surface area contributed by atoms with Crippen LogP contribution in [0.5, 0.6) is 11.5 Å². The topological polar surface area (TPSA) is 24.9 Å². The van der Waals surface area contributed by atoms with Crippen molar-refractivity contribution in [3.8, 4) is 11.5 Å². The predicted octanol–water partition coefficient (Wildman–Crippen LogP) is 7.12. The lowest BCUT2D eigenvalue weighted by molar-refractivity contribution is 0.0357. The molecule has 0 spiro atoms. The molecular formula is C31H44N2O2. The highest BCUT2D eigenvalue weighted by Gasteiger charge is 2.40. The van der Waals surface area contributed by atoms with Crippen LogP contribution in [0, 0.1) is 0 Å². The number of hydrogen-bond acceptors (Lipinski definition) is 4. The van der Waals surface area contributed by atoms with Gasteiger partial charge in [-0.25, -0.2) is 0 Å². The normalized spacial score (nSPS) is 20.1. The molecule has 0 N–H and O–H groups in total. The van der Waals surface area contributed by atoms with E-state index in [9.17, 15) is 0 Å². The number of rotatable bonds is 3. The van der Waals surface area contributed by atoms with Gasteiger partial charge in [0.25, 0.3) is 0 Å². The van der Waals surface area contributed by atoms with Gasteiger partial charge in [-0.15, -0.1) is 0 Å². The van der Waals surface area contributed by atoms with Crippen molar-refractivity contribution >= 4 is 0 Å². The summed E-state index contributed by atoms with van der Waals surface area (Å²) in [6.07, 6.45) is 6.66. The van der Waals surface area contributed by atoms with Crippen LogP contribution >= 0.6 is 0 Å². The van der Waals surface area contributed by atoms with E-state index in [1.807, 2.05) is 0 Å². The third-order valence-corrected chi connectivity index (χ3v) is 7.96. The molecule has 1 fully saturated rings. The molecule has 0 atom stereocenters. The lowest BCUT2D eigenvalue weighted by Crippen LogP contribution is -2.43. The second-order valence-electron chi connectivity index (χ2n) is 12.9. The van der Waals surface area contributed by atoms with E-state index in [0.29, 0.717) is 19.5 Å². The van der Waals surface area contributed by atoms with Crippen molar-refractivity contribution in [3.05, 3.63) is 58.1 Å². The van der Waals surface area contributed by atoms with Crippen molar-refractivity contribution in [2.45, 2.75) is 110 Å². The van der Waals surface area contributed by atoms with Crippen LogP contribution in [0.15, 0.2) is 30.3 Å². The van der Waals surface area contributed by atoms with Crippen molar-refractivity contribution in [2.75, 3.05) is 13.5 Å². The van der Waals surface area contributed by atoms with E-state index in [-0.39, 0.29) is 10.8 Å². The largest absolute Gasteiger partial charge is 0.477 e. The van der Waals surface area contributed by atoms with Crippen molar-refractivity contribution in [1.29, 1.82) is 0 Å². The highest BCUT2D eigenvalue weighted by molar-refractivity contribution is 5.64. The Kier molecular flexibility index (Phi) is 6.65. The molecule has 0 amide bonds. The zero-order valence-electron chi connectivity index (χ0n) is 22.7. The first kappa shape index (κ1) is 24.6. The zero-order chi connectivity index (χ0) is 24.8. The van der Waals surface area contributed by atoms with Crippen molar-refractivity contribution in [1.82, 2.24) is 9.80 Å². The van der Waals surface area contributed by atoms with Gasteiger partial charge in [0, 0.05) is 47.9 Å². The first-order valence-electron chi connectivity index (χ1n) is 13.6. The lowest BCUT2D eigenvalue weighted by Gasteiger charge is -2.44. The maximum atomic E-state index is 6.75. The summed E-state index contributed by atoms with van der Waals surface area (Å²) < 4.78 is 13.5. The SMILES string of the molecule is CC(C)(C)c1c2c(c(C(C)(C)C)c3c1OCN(C1CCCCC1)C3)OCN(Cc1ccccc1)C2. The molecule has 1 aliphatic carbocycles. The lowest BCUT2D eigenvalue weighted by atomic mass is 9.74. The fourth-order valence-electron chi connectivity index (χ4n) is 6.45. The molecule has 2 aliphatic heterocycles. The molecule has 190 valence electrons. The maximum absolute atomic E-state index is 6.75. The van der Waals surface area contributed by atoms with Gasteiger partial charge >= 0.3 is 0 Å². The molecule has 0 radical (unpaired) electrons. The van der Waals surface area contributed by atoms with Gasteiger partial charge in [-0.2, -0.15) is 0 Å². The Bertz CT molecular complexity index is 1040. The smallest absolute Gasteiger partial charge is 0.142 e. The monoisotopic (exact) mass is 476 g/mol. The van der Waals surface area contributed by atoms with Crippen LogP contribution < -0.4 is 9.47 Å². The summed E-state index contributed by atoms with van der Waals surface area (Å²) in [6, 6.07) is 11.4. The summed E-state index contributed by atoms with van der Waals surface area (Å²) in [6.45, 7) is 18.1. The molecule has 0 aromatic heterocycles. The highest BCUT2D eigenvalue weighted by atomic mass is 16.5. The molecule has 5 rings (SSSR count). The predicted molar refractivity (Wildman–Crippen MR) is 143 cm³/mol.